The minimum Gasteiger partial charge on any atom is -0.459 e. The predicted molar refractivity (Wildman–Crippen MR) is 115 cm³/mol. The molecule has 1 heterocycles. The van der Waals surface area contributed by atoms with Crippen molar-refractivity contribution in [3.8, 4) is 0 Å². The lowest BCUT2D eigenvalue weighted by atomic mass is 9.75. The second-order valence-electron chi connectivity index (χ2n) is 8.64. The van der Waals surface area contributed by atoms with Crippen molar-refractivity contribution in [1.82, 2.24) is 5.32 Å². The molecular weight excluding hydrogens is 396 g/mol. The molecule has 7 nitrogen and oxygen atoms in total. The number of non-ortho nitro benzene ring substituents is 1. The van der Waals surface area contributed by atoms with Crippen LogP contribution >= 0.6 is 0 Å². The van der Waals surface area contributed by atoms with E-state index in [4.69, 9.17) is 4.74 Å². The molecule has 0 radical (unpaired) electrons. The molecule has 1 aromatic carbocycles. The van der Waals surface area contributed by atoms with E-state index in [0.717, 1.165) is 57.1 Å². The van der Waals surface area contributed by atoms with E-state index >= 15 is 0 Å². The summed E-state index contributed by atoms with van der Waals surface area (Å²) in [7, 11) is 0. The molecule has 31 heavy (non-hydrogen) atoms. The van der Waals surface area contributed by atoms with E-state index in [9.17, 15) is 19.7 Å². The van der Waals surface area contributed by atoms with Crippen molar-refractivity contribution in [2.24, 2.45) is 0 Å². The summed E-state index contributed by atoms with van der Waals surface area (Å²) in [6.45, 7) is 1.82. The second kappa shape index (κ2) is 9.04. The molecular formula is C24H28N2O5. The van der Waals surface area contributed by atoms with Crippen LogP contribution < -0.4 is 5.32 Å². The number of rotatable bonds is 4. The number of carbonyl (C=O) groups excluding carboxylic acids is 2. The molecule has 0 unspecified atom stereocenters. The van der Waals surface area contributed by atoms with Crippen LogP contribution in [-0.4, -0.2) is 22.8 Å². The summed E-state index contributed by atoms with van der Waals surface area (Å²) in [6.07, 6.45) is 7.83. The standard InChI is InChI=1S/C24H28N2O5/c1-15-21(24(28)31-18-10-4-2-3-5-11-18)22(16-8-6-9-17(14-16)26(29)30)23-19(25-15)12-7-13-20(23)27/h6,8-9,14,18,22,25H,2-5,7,10-13H2,1H3/t22-/m0/s1. The zero-order chi connectivity index (χ0) is 22.0. The summed E-state index contributed by atoms with van der Waals surface area (Å²) in [5.74, 6) is -1.10. The van der Waals surface area contributed by atoms with Gasteiger partial charge in [0.15, 0.2) is 5.78 Å². The number of Topliss-reactive ketones (excluding diaryl/α,β-unsaturated/α-hetero) is 1. The highest BCUT2D eigenvalue weighted by molar-refractivity contribution is 6.03. The molecule has 3 aliphatic rings. The molecule has 1 atom stereocenters. The molecule has 0 aromatic heterocycles. The highest BCUT2D eigenvalue weighted by Crippen LogP contribution is 2.43. The molecule has 1 aromatic rings. The number of hydrogen-bond acceptors (Lipinski definition) is 6. The Balaban J connectivity index is 1.74. The molecule has 1 N–H and O–H groups in total. The van der Waals surface area contributed by atoms with Crippen LogP contribution in [0, 0.1) is 10.1 Å². The molecule has 4 rings (SSSR count). The van der Waals surface area contributed by atoms with Crippen LogP contribution in [0.3, 0.4) is 0 Å². The van der Waals surface area contributed by atoms with Gasteiger partial charge in [-0.25, -0.2) is 4.79 Å². The van der Waals surface area contributed by atoms with E-state index in [-0.39, 0.29) is 17.6 Å². The fourth-order valence-corrected chi connectivity index (χ4v) is 4.98. The molecule has 0 amide bonds. The SMILES string of the molecule is CC1=C(C(=O)OC2CCCCCC2)[C@H](c2cccc([N+](=O)[O-])c2)C2=C(CCCC2=O)N1. The van der Waals surface area contributed by atoms with Gasteiger partial charge < -0.3 is 10.1 Å². The zero-order valence-corrected chi connectivity index (χ0v) is 17.8. The molecule has 0 spiro atoms. The Labute approximate surface area is 181 Å². The number of carbonyl (C=O) groups is 2. The largest absolute Gasteiger partial charge is 0.459 e. The van der Waals surface area contributed by atoms with Crippen LogP contribution in [0.5, 0.6) is 0 Å². The minimum atomic E-state index is -0.651. The first-order valence-corrected chi connectivity index (χ1v) is 11.1. The number of nitro groups is 1. The third kappa shape index (κ3) is 4.40. The Hall–Kier alpha value is -2.96. The summed E-state index contributed by atoms with van der Waals surface area (Å²) in [5.41, 5.74) is 2.92. The number of nitrogens with zero attached hydrogens (tertiary/aromatic N) is 1. The van der Waals surface area contributed by atoms with E-state index in [1.165, 1.54) is 12.1 Å². The number of ketones is 1. The molecule has 7 heteroatoms. The number of nitrogens with one attached hydrogen (secondary N) is 1. The van der Waals surface area contributed by atoms with Crippen molar-refractivity contribution in [2.45, 2.75) is 76.7 Å². The Morgan fingerprint density at radius 2 is 1.87 bits per heavy atom. The van der Waals surface area contributed by atoms with Gasteiger partial charge in [-0.1, -0.05) is 25.0 Å². The normalized spacial score (nSPS) is 22.5. The fourth-order valence-electron chi connectivity index (χ4n) is 4.98. The minimum absolute atomic E-state index is 0.0162. The molecule has 1 aliphatic heterocycles. The lowest BCUT2D eigenvalue weighted by molar-refractivity contribution is -0.384. The Bertz CT molecular complexity index is 970. The van der Waals surface area contributed by atoms with Gasteiger partial charge in [0.05, 0.1) is 10.5 Å². The van der Waals surface area contributed by atoms with Gasteiger partial charge in [0.1, 0.15) is 6.10 Å². The van der Waals surface area contributed by atoms with E-state index in [1.54, 1.807) is 12.1 Å². The van der Waals surface area contributed by atoms with Crippen molar-refractivity contribution < 1.29 is 19.2 Å². The Morgan fingerprint density at radius 1 is 1.13 bits per heavy atom. The van der Waals surface area contributed by atoms with E-state index in [2.05, 4.69) is 5.32 Å². The van der Waals surface area contributed by atoms with Gasteiger partial charge in [-0.3, -0.25) is 14.9 Å². The van der Waals surface area contributed by atoms with Gasteiger partial charge in [-0.05, 0) is 51.0 Å². The van der Waals surface area contributed by atoms with Gasteiger partial charge >= 0.3 is 5.97 Å². The first kappa shape index (κ1) is 21.3. The van der Waals surface area contributed by atoms with Crippen LogP contribution in [0.1, 0.15) is 76.2 Å². The summed E-state index contributed by atoms with van der Waals surface area (Å²) in [4.78, 5) is 37.2. The third-order valence-electron chi connectivity index (χ3n) is 6.49. The number of dihydropyridines is 1. The summed E-state index contributed by atoms with van der Waals surface area (Å²) < 4.78 is 5.92. The highest BCUT2D eigenvalue weighted by Gasteiger charge is 2.40. The van der Waals surface area contributed by atoms with Crippen molar-refractivity contribution >= 4 is 17.4 Å². The maximum Gasteiger partial charge on any atom is 0.337 e. The molecule has 0 saturated heterocycles. The van der Waals surface area contributed by atoms with Crippen molar-refractivity contribution in [3.63, 3.8) is 0 Å². The highest BCUT2D eigenvalue weighted by atomic mass is 16.6. The summed E-state index contributed by atoms with van der Waals surface area (Å²) in [6, 6.07) is 6.24. The lowest BCUT2D eigenvalue weighted by Crippen LogP contribution is -2.35. The van der Waals surface area contributed by atoms with Gasteiger partial charge in [0, 0.05) is 41.4 Å². The number of ether oxygens (including phenoxy) is 1. The lowest BCUT2D eigenvalue weighted by Gasteiger charge is -2.34. The van der Waals surface area contributed by atoms with E-state index < -0.39 is 16.8 Å². The average Bonchev–Trinajstić information content (AvgIpc) is 3.01. The maximum atomic E-state index is 13.4. The van der Waals surface area contributed by atoms with Crippen molar-refractivity contribution in [3.05, 3.63) is 62.5 Å². The first-order chi connectivity index (χ1) is 15.0. The zero-order valence-electron chi connectivity index (χ0n) is 17.8. The van der Waals surface area contributed by atoms with Crippen molar-refractivity contribution in [2.75, 3.05) is 0 Å². The van der Waals surface area contributed by atoms with Crippen LogP contribution in [0.2, 0.25) is 0 Å². The molecule has 2 aliphatic carbocycles. The Kier molecular flexibility index (Phi) is 6.20. The number of benzene rings is 1. The maximum absolute atomic E-state index is 13.4. The number of esters is 1. The van der Waals surface area contributed by atoms with Crippen LogP contribution in [0.15, 0.2) is 46.8 Å². The van der Waals surface area contributed by atoms with E-state index in [0.29, 0.717) is 28.8 Å². The third-order valence-corrected chi connectivity index (χ3v) is 6.49. The van der Waals surface area contributed by atoms with Gasteiger partial charge in [0.25, 0.3) is 5.69 Å². The number of allylic oxidation sites excluding steroid dienone is 3. The van der Waals surface area contributed by atoms with Gasteiger partial charge in [0.2, 0.25) is 0 Å². The van der Waals surface area contributed by atoms with Crippen LogP contribution in [0.25, 0.3) is 0 Å². The summed E-state index contributed by atoms with van der Waals surface area (Å²) in [5, 5.41) is 14.6. The first-order valence-electron chi connectivity index (χ1n) is 11.1. The smallest absolute Gasteiger partial charge is 0.337 e. The van der Waals surface area contributed by atoms with Crippen molar-refractivity contribution in [1.29, 1.82) is 0 Å². The molecule has 1 saturated carbocycles. The average molecular weight is 424 g/mol. The Morgan fingerprint density at radius 3 is 2.58 bits per heavy atom. The summed E-state index contributed by atoms with van der Waals surface area (Å²) >= 11 is 0. The van der Waals surface area contributed by atoms with E-state index in [1.807, 2.05) is 6.92 Å². The monoisotopic (exact) mass is 424 g/mol. The fraction of sp³-hybridized carbons (Fsp3) is 0.500. The second-order valence-corrected chi connectivity index (χ2v) is 8.64. The van der Waals surface area contributed by atoms with Gasteiger partial charge in [-0.15, -0.1) is 0 Å². The van der Waals surface area contributed by atoms with Crippen LogP contribution in [-0.2, 0) is 14.3 Å². The van der Waals surface area contributed by atoms with Gasteiger partial charge in [-0.2, -0.15) is 0 Å². The number of hydrogen-bond donors (Lipinski definition) is 1. The molecule has 0 bridgehead atoms. The number of nitro benzene ring substituents is 1. The molecule has 1 fully saturated rings. The quantitative estimate of drug-likeness (QED) is 0.322. The molecule has 164 valence electrons. The topological polar surface area (TPSA) is 98.5 Å². The van der Waals surface area contributed by atoms with Crippen LogP contribution in [0.4, 0.5) is 5.69 Å². The predicted octanol–water partition coefficient (Wildman–Crippen LogP) is 4.83.